The van der Waals surface area contributed by atoms with Gasteiger partial charge in [-0.2, -0.15) is 0 Å². The molecule has 2 aromatic carbocycles. The van der Waals surface area contributed by atoms with Crippen molar-refractivity contribution in [2.75, 3.05) is 39.6 Å². The summed E-state index contributed by atoms with van der Waals surface area (Å²) in [5.74, 6) is 0.592. The maximum Gasteiger partial charge on any atom is 0.226 e. The van der Waals surface area contributed by atoms with Crippen LogP contribution in [0.3, 0.4) is 0 Å². The lowest BCUT2D eigenvalue weighted by Gasteiger charge is -2.40. The first kappa shape index (κ1) is 28.8. The van der Waals surface area contributed by atoms with E-state index in [-0.39, 0.29) is 22.4 Å². The number of piperidine rings is 1. The van der Waals surface area contributed by atoms with Gasteiger partial charge in [-0.3, -0.25) is 9.69 Å². The molecule has 1 atom stereocenters. The Labute approximate surface area is 234 Å². The first-order valence-corrected chi connectivity index (χ1v) is 13.8. The first-order valence-electron chi connectivity index (χ1n) is 13.5. The quantitative estimate of drug-likeness (QED) is 0.397. The molecule has 8 nitrogen and oxygen atoms in total. The number of fused-ring (bicyclic) bond motifs is 1. The molecule has 2 N–H and O–H groups in total. The standard InChI is InChI=1S/C15H11ClFN3O2.C14H26N2O/c1-22-13-6-11-8(5-12(13)21)15(19-7-18-11)20-10-4-2-3-9(16)14(10)17;1-15(2)14(17)12-7-6-10-16(11-12)13-8-4-3-5-9-13/h2-7,21H,1H3,(H,18,19,20);12-13H,3-11H2,1-2H3/t;12-/m.0/s1. The van der Waals surface area contributed by atoms with E-state index >= 15 is 0 Å². The molecule has 0 unspecified atom stereocenters. The second kappa shape index (κ2) is 13.3. The van der Waals surface area contributed by atoms with Crippen LogP contribution in [0.1, 0.15) is 44.9 Å². The van der Waals surface area contributed by atoms with Gasteiger partial charge in [-0.15, -0.1) is 0 Å². The van der Waals surface area contributed by atoms with E-state index in [1.165, 1.54) is 70.6 Å². The van der Waals surface area contributed by atoms with E-state index in [0.29, 0.717) is 28.4 Å². The number of carbonyl (C=O) groups is 1. The van der Waals surface area contributed by atoms with Crippen LogP contribution in [-0.4, -0.2) is 71.1 Å². The summed E-state index contributed by atoms with van der Waals surface area (Å²) in [6.45, 7) is 2.21. The molecule has 2 aliphatic rings. The molecule has 1 saturated carbocycles. The first-order chi connectivity index (χ1) is 18.8. The number of aromatic nitrogens is 2. The van der Waals surface area contributed by atoms with Crippen LogP contribution in [0.2, 0.25) is 5.02 Å². The number of anilines is 2. The largest absolute Gasteiger partial charge is 0.504 e. The molecule has 0 spiro atoms. The minimum atomic E-state index is -0.575. The Morgan fingerprint density at radius 3 is 2.64 bits per heavy atom. The summed E-state index contributed by atoms with van der Waals surface area (Å²) in [4.78, 5) is 24.6. The molecule has 1 saturated heterocycles. The minimum absolute atomic E-state index is 0.00729. The molecule has 210 valence electrons. The number of hydrogen-bond donors (Lipinski definition) is 2. The average molecular weight is 558 g/mol. The number of nitrogens with zero attached hydrogens (tertiary/aromatic N) is 4. The Balaban J connectivity index is 0.000000187. The highest BCUT2D eigenvalue weighted by molar-refractivity contribution is 6.31. The Kier molecular flexibility index (Phi) is 9.80. The van der Waals surface area contributed by atoms with Crippen molar-refractivity contribution in [1.29, 1.82) is 0 Å². The number of phenolic OH excluding ortho intramolecular Hbond substituents is 1. The Hall–Kier alpha value is -3.17. The van der Waals surface area contributed by atoms with Gasteiger partial charge >= 0.3 is 0 Å². The van der Waals surface area contributed by atoms with E-state index in [4.69, 9.17) is 16.3 Å². The van der Waals surface area contributed by atoms with Gasteiger partial charge in [0.1, 0.15) is 12.1 Å². The van der Waals surface area contributed by atoms with Gasteiger partial charge < -0.3 is 20.1 Å². The summed E-state index contributed by atoms with van der Waals surface area (Å²) in [6.07, 6.45) is 10.5. The Morgan fingerprint density at radius 2 is 1.92 bits per heavy atom. The van der Waals surface area contributed by atoms with E-state index in [2.05, 4.69) is 20.2 Å². The molecule has 0 bridgehead atoms. The van der Waals surface area contributed by atoms with Crippen molar-refractivity contribution in [2.24, 2.45) is 5.92 Å². The maximum absolute atomic E-state index is 14.0. The van der Waals surface area contributed by atoms with Crippen LogP contribution < -0.4 is 10.1 Å². The number of ether oxygens (including phenoxy) is 1. The average Bonchev–Trinajstić information content (AvgIpc) is 2.96. The number of likely N-dealkylation sites (tertiary alicyclic amines) is 1. The van der Waals surface area contributed by atoms with Crippen molar-refractivity contribution in [3.8, 4) is 11.5 Å². The topological polar surface area (TPSA) is 90.8 Å². The van der Waals surface area contributed by atoms with Crippen molar-refractivity contribution >= 4 is 39.9 Å². The lowest BCUT2D eigenvalue weighted by atomic mass is 9.90. The van der Waals surface area contributed by atoms with Crippen LogP contribution in [0, 0.1) is 11.7 Å². The van der Waals surface area contributed by atoms with E-state index in [1.54, 1.807) is 23.1 Å². The zero-order chi connectivity index (χ0) is 27.9. The summed E-state index contributed by atoms with van der Waals surface area (Å²) >= 11 is 5.76. The van der Waals surface area contributed by atoms with E-state index in [0.717, 1.165) is 19.0 Å². The Bertz CT molecular complexity index is 1290. The molecule has 1 aliphatic heterocycles. The van der Waals surface area contributed by atoms with Crippen LogP contribution in [0.15, 0.2) is 36.7 Å². The third-order valence-electron chi connectivity index (χ3n) is 7.47. The molecule has 1 amide bonds. The second-order valence-electron chi connectivity index (χ2n) is 10.3. The lowest BCUT2D eigenvalue weighted by molar-refractivity contribution is -0.135. The van der Waals surface area contributed by atoms with Crippen molar-refractivity contribution in [3.63, 3.8) is 0 Å². The fourth-order valence-corrected chi connectivity index (χ4v) is 5.59. The third kappa shape index (κ3) is 7.08. The number of amides is 1. The zero-order valence-electron chi connectivity index (χ0n) is 22.8. The molecular weight excluding hydrogens is 521 g/mol. The maximum atomic E-state index is 14.0. The van der Waals surface area contributed by atoms with E-state index in [1.807, 2.05) is 14.1 Å². The molecule has 2 heterocycles. The van der Waals surface area contributed by atoms with Crippen LogP contribution in [-0.2, 0) is 4.79 Å². The number of halogens is 2. The van der Waals surface area contributed by atoms with Crippen molar-refractivity contribution < 1.29 is 19.0 Å². The molecule has 2 fully saturated rings. The smallest absolute Gasteiger partial charge is 0.226 e. The van der Waals surface area contributed by atoms with Crippen LogP contribution in [0.25, 0.3) is 10.9 Å². The van der Waals surface area contributed by atoms with Gasteiger partial charge in [0, 0.05) is 38.1 Å². The molecule has 10 heteroatoms. The van der Waals surface area contributed by atoms with Gasteiger partial charge in [-0.05, 0) is 50.4 Å². The number of phenols is 1. The van der Waals surface area contributed by atoms with Gasteiger partial charge in [0.05, 0.1) is 29.3 Å². The normalized spacial score (nSPS) is 18.2. The Morgan fingerprint density at radius 1 is 1.15 bits per heavy atom. The van der Waals surface area contributed by atoms with Gasteiger partial charge in [0.15, 0.2) is 17.3 Å². The molecule has 1 aromatic heterocycles. The number of benzene rings is 2. The highest BCUT2D eigenvalue weighted by Crippen LogP contribution is 2.34. The number of carbonyl (C=O) groups excluding carboxylic acids is 1. The van der Waals surface area contributed by atoms with Gasteiger partial charge in [0.2, 0.25) is 5.91 Å². The highest BCUT2D eigenvalue weighted by atomic mass is 35.5. The van der Waals surface area contributed by atoms with Crippen LogP contribution in [0.5, 0.6) is 11.5 Å². The number of aromatic hydroxyl groups is 1. The molecule has 39 heavy (non-hydrogen) atoms. The summed E-state index contributed by atoms with van der Waals surface area (Å²) in [7, 11) is 5.20. The number of methoxy groups -OCH3 is 1. The highest BCUT2D eigenvalue weighted by Gasteiger charge is 2.30. The van der Waals surface area contributed by atoms with Crippen molar-refractivity contribution in [2.45, 2.75) is 51.0 Å². The summed E-state index contributed by atoms with van der Waals surface area (Å²) in [6, 6.07) is 8.42. The van der Waals surface area contributed by atoms with Gasteiger partial charge in [-0.1, -0.05) is 36.9 Å². The predicted octanol–water partition coefficient (Wildman–Crippen LogP) is 6.00. The summed E-state index contributed by atoms with van der Waals surface area (Å²) in [5.41, 5.74) is 0.734. The van der Waals surface area contributed by atoms with Crippen LogP contribution in [0.4, 0.5) is 15.9 Å². The monoisotopic (exact) mass is 557 g/mol. The molecule has 5 rings (SSSR count). The van der Waals surface area contributed by atoms with E-state index in [9.17, 15) is 14.3 Å². The lowest BCUT2D eigenvalue weighted by Crippen LogP contribution is -2.47. The fraction of sp³-hybridized carbons (Fsp3) is 0.483. The van der Waals surface area contributed by atoms with Crippen LogP contribution >= 0.6 is 11.6 Å². The molecule has 3 aromatic rings. The fourth-order valence-electron chi connectivity index (χ4n) is 5.41. The zero-order valence-corrected chi connectivity index (χ0v) is 23.5. The SMILES string of the molecule is CN(C)C(=O)[C@H]1CCCN(C2CCCCC2)C1.COc1cc2ncnc(Nc3cccc(Cl)c3F)c2cc1O. The minimum Gasteiger partial charge on any atom is -0.504 e. The molecule has 0 radical (unpaired) electrons. The molecule has 1 aliphatic carbocycles. The van der Waals surface area contributed by atoms with Gasteiger partial charge in [0.25, 0.3) is 0 Å². The molecular formula is C29H37ClFN5O3. The van der Waals surface area contributed by atoms with Gasteiger partial charge in [-0.25, -0.2) is 14.4 Å². The second-order valence-corrected chi connectivity index (χ2v) is 10.8. The number of nitrogens with one attached hydrogen (secondary N) is 1. The predicted molar refractivity (Wildman–Crippen MR) is 152 cm³/mol. The van der Waals surface area contributed by atoms with Crippen molar-refractivity contribution in [1.82, 2.24) is 19.8 Å². The van der Waals surface area contributed by atoms with Crippen molar-refractivity contribution in [3.05, 3.63) is 47.5 Å². The summed E-state index contributed by atoms with van der Waals surface area (Å²) in [5, 5.41) is 13.3. The number of hydrogen-bond acceptors (Lipinski definition) is 7. The summed E-state index contributed by atoms with van der Waals surface area (Å²) < 4.78 is 19.0. The number of rotatable bonds is 5. The third-order valence-corrected chi connectivity index (χ3v) is 7.77. The van der Waals surface area contributed by atoms with E-state index < -0.39 is 5.82 Å².